The lowest BCUT2D eigenvalue weighted by atomic mass is 9.97. The number of carbonyl (C=O) groups is 1. The predicted molar refractivity (Wildman–Crippen MR) is 89.5 cm³/mol. The Bertz CT molecular complexity index is 729. The SMILES string of the molecule is COCCNC(=O)C1CCN(S(=O)(=O)c2ccccc2[N+](=O)[O-])CC1. The van der Waals surface area contributed by atoms with E-state index in [1.807, 2.05) is 0 Å². The van der Waals surface area contributed by atoms with Crippen LogP contribution in [0, 0.1) is 16.0 Å². The van der Waals surface area contributed by atoms with Crippen molar-refractivity contribution in [3.05, 3.63) is 34.4 Å². The van der Waals surface area contributed by atoms with E-state index in [0.29, 0.717) is 26.0 Å². The number of nitrogens with one attached hydrogen (secondary N) is 1. The number of nitro benzene ring substituents is 1. The second kappa shape index (κ2) is 8.37. The quantitative estimate of drug-likeness (QED) is 0.429. The number of nitrogens with zero attached hydrogens (tertiary/aromatic N) is 2. The van der Waals surface area contributed by atoms with E-state index in [4.69, 9.17) is 4.74 Å². The van der Waals surface area contributed by atoms with E-state index in [1.165, 1.54) is 35.7 Å². The van der Waals surface area contributed by atoms with Crippen molar-refractivity contribution in [1.29, 1.82) is 0 Å². The zero-order valence-corrected chi connectivity index (χ0v) is 14.7. The van der Waals surface area contributed by atoms with Gasteiger partial charge >= 0.3 is 0 Å². The standard InChI is InChI=1S/C15H21N3O6S/c1-24-11-8-16-15(19)12-6-9-17(10-7-12)25(22,23)14-5-3-2-4-13(14)18(20)21/h2-5,12H,6-11H2,1H3,(H,16,19). The highest BCUT2D eigenvalue weighted by Gasteiger charge is 2.35. The average Bonchev–Trinajstić information content (AvgIpc) is 2.62. The second-order valence-electron chi connectivity index (χ2n) is 5.69. The summed E-state index contributed by atoms with van der Waals surface area (Å²) in [6.07, 6.45) is 0.747. The first-order valence-electron chi connectivity index (χ1n) is 7.88. The van der Waals surface area contributed by atoms with Crippen molar-refractivity contribution in [2.75, 3.05) is 33.4 Å². The number of piperidine rings is 1. The van der Waals surface area contributed by atoms with E-state index in [0.717, 1.165) is 0 Å². The van der Waals surface area contributed by atoms with E-state index < -0.39 is 20.6 Å². The number of hydrogen-bond donors (Lipinski definition) is 1. The van der Waals surface area contributed by atoms with Crippen molar-refractivity contribution in [3.63, 3.8) is 0 Å². The fourth-order valence-electron chi connectivity index (χ4n) is 2.74. The van der Waals surface area contributed by atoms with Crippen molar-refractivity contribution in [1.82, 2.24) is 9.62 Å². The first-order valence-corrected chi connectivity index (χ1v) is 9.32. The summed E-state index contributed by atoms with van der Waals surface area (Å²) in [5, 5.41) is 13.8. The van der Waals surface area contributed by atoms with E-state index >= 15 is 0 Å². The molecular weight excluding hydrogens is 350 g/mol. The van der Waals surface area contributed by atoms with Gasteiger partial charge in [-0.25, -0.2) is 8.42 Å². The van der Waals surface area contributed by atoms with Crippen LogP contribution >= 0.6 is 0 Å². The summed E-state index contributed by atoms with van der Waals surface area (Å²) >= 11 is 0. The number of sulfonamides is 1. The van der Waals surface area contributed by atoms with Crippen molar-refractivity contribution in [3.8, 4) is 0 Å². The molecule has 0 atom stereocenters. The molecule has 1 heterocycles. The minimum atomic E-state index is -3.97. The minimum absolute atomic E-state index is 0.125. The molecule has 138 valence electrons. The Kier molecular flexibility index (Phi) is 6.45. The highest BCUT2D eigenvalue weighted by molar-refractivity contribution is 7.89. The summed E-state index contributed by atoms with van der Waals surface area (Å²) in [6.45, 7) is 1.12. The number of nitro groups is 1. The molecule has 1 aliphatic heterocycles. The lowest BCUT2D eigenvalue weighted by Crippen LogP contribution is -2.43. The zero-order valence-electron chi connectivity index (χ0n) is 13.9. The van der Waals surface area contributed by atoms with Gasteiger partial charge in [0.05, 0.1) is 11.5 Å². The number of ether oxygens (including phenoxy) is 1. The van der Waals surface area contributed by atoms with Crippen LogP contribution in [-0.4, -0.2) is 56.9 Å². The maximum absolute atomic E-state index is 12.7. The third kappa shape index (κ3) is 4.53. The molecule has 0 aromatic heterocycles. The van der Waals surface area contributed by atoms with Gasteiger partial charge in [-0.15, -0.1) is 0 Å². The Hall–Kier alpha value is -2.04. The molecule has 0 spiro atoms. The van der Waals surface area contributed by atoms with Crippen molar-refractivity contribution in [2.45, 2.75) is 17.7 Å². The average molecular weight is 371 g/mol. The number of methoxy groups -OCH3 is 1. The van der Waals surface area contributed by atoms with Gasteiger partial charge in [-0.05, 0) is 18.9 Å². The van der Waals surface area contributed by atoms with Gasteiger partial charge < -0.3 is 10.1 Å². The lowest BCUT2D eigenvalue weighted by molar-refractivity contribution is -0.387. The molecule has 10 heteroatoms. The number of benzene rings is 1. The summed E-state index contributed by atoms with van der Waals surface area (Å²) in [5.74, 6) is -0.395. The molecule has 1 aromatic rings. The predicted octanol–water partition coefficient (Wildman–Crippen LogP) is 0.758. The summed E-state index contributed by atoms with van der Waals surface area (Å²) in [7, 11) is -2.43. The third-order valence-corrected chi connectivity index (χ3v) is 6.06. The van der Waals surface area contributed by atoms with Gasteiger partial charge in [0.1, 0.15) is 0 Å². The Balaban J connectivity index is 2.05. The third-order valence-electron chi connectivity index (χ3n) is 4.11. The lowest BCUT2D eigenvalue weighted by Gasteiger charge is -2.30. The van der Waals surface area contributed by atoms with Crippen LogP contribution in [0.3, 0.4) is 0 Å². The molecule has 0 aliphatic carbocycles. The first-order chi connectivity index (χ1) is 11.9. The fraction of sp³-hybridized carbons (Fsp3) is 0.533. The smallest absolute Gasteiger partial charge is 0.289 e. The van der Waals surface area contributed by atoms with Crippen LogP contribution in [0.4, 0.5) is 5.69 Å². The topological polar surface area (TPSA) is 119 Å². The second-order valence-corrected chi connectivity index (χ2v) is 7.59. The number of rotatable bonds is 7. The normalized spacial score (nSPS) is 16.5. The van der Waals surface area contributed by atoms with Gasteiger partial charge in [-0.1, -0.05) is 12.1 Å². The number of para-hydroxylation sites is 1. The molecule has 25 heavy (non-hydrogen) atoms. The summed E-state index contributed by atoms with van der Waals surface area (Å²) in [4.78, 5) is 22.1. The summed E-state index contributed by atoms with van der Waals surface area (Å²) < 4.78 is 31.5. The number of carbonyl (C=O) groups excluding carboxylic acids is 1. The van der Waals surface area contributed by atoms with Crippen LogP contribution in [0.5, 0.6) is 0 Å². The Morgan fingerprint density at radius 2 is 2.00 bits per heavy atom. The van der Waals surface area contributed by atoms with Gasteiger partial charge in [-0.3, -0.25) is 14.9 Å². The maximum Gasteiger partial charge on any atom is 0.289 e. The van der Waals surface area contributed by atoms with Gasteiger partial charge in [0.2, 0.25) is 15.9 Å². The van der Waals surface area contributed by atoms with E-state index in [2.05, 4.69) is 5.32 Å². The van der Waals surface area contributed by atoms with Crippen LogP contribution in [-0.2, 0) is 19.6 Å². The van der Waals surface area contributed by atoms with Gasteiger partial charge in [0, 0.05) is 38.7 Å². The summed E-state index contributed by atoms with van der Waals surface area (Å²) in [5.41, 5.74) is -0.443. The fourth-order valence-corrected chi connectivity index (χ4v) is 4.37. The van der Waals surface area contributed by atoms with Gasteiger partial charge in [0.25, 0.3) is 5.69 Å². The molecule has 0 radical (unpaired) electrons. The van der Waals surface area contributed by atoms with Crippen molar-refractivity contribution >= 4 is 21.6 Å². The van der Waals surface area contributed by atoms with E-state index in [-0.39, 0.29) is 29.8 Å². The van der Waals surface area contributed by atoms with Gasteiger partial charge in [-0.2, -0.15) is 4.31 Å². The van der Waals surface area contributed by atoms with Crippen LogP contribution in [0.15, 0.2) is 29.2 Å². The van der Waals surface area contributed by atoms with E-state index in [1.54, 1.807) is 0 Å². The highest BCUT2D eigenvalue weighted by atomic mass is 32.2. The molecule has 1 aliphatic rings. The monoisotopic (exact) mass is 371 g/mol. The van der Waals surface area contributed by atoms with Crippen LogP contribution in [0.2, 0.25) is 0 Å². The number of amides is 1. The first kappa shape index (κ1) is 19.3. The zero-order chi connectivity index (χ0) is 18.4. The Labute approximate surface area is 146 Å². The molecule has 1 saturated heterocycles. The highest BCUT2D eigenvalue weighted by Crippen LogP contribution is 2.29. The van der Waals surface area contributed by atoms with Crippen LogP contribution in [0.25, 0.3) is 0 Å². The van der Waals surface area contributed by atoms with Gasteiger partial charge in [0.15, 0.2) is 4.90 Å². The Morgan fingerprint density at radius 3 is 2.60 bits per heavy atom. The molecule has 0 unspecified atom stereocenters. The van der Waals surface area contributed by atoms with Crippen LogP contribution in [0.1, 0.15) is 12.8 Å². The molecule has 0 saturated carbocycles. The molecule has 2 rings (SSSR count). The summed E-state index contributed by atoms with van der Waals surface area (Å²) in [6, 6.07) is 5.28. The minimum Gasteiger partial charge on any atom is -0.383 e. The van der Waals surface area contributed by atoms with Crippen molar-refractivity contribution < 1.29 is 22.9 Å². The van der Waals surface area contributed by atoms with Crippen molar-refractivity contribution in [2.24, 2.45) is 5.92 Å². The van der Waals surface area contributed by atoms with E-state index in [9.17, 15) is 23.3 Å². The molecule has 1 amide bonds. The molecule has 1 aromatic carbocycles. The molecule has 9 nitrogen and oxygen atoms in total. The molecular formula is C15H21N3O6S. The largest absolute Gasteiger partial charge is 0.383 e. The number of hydrogen-bond acceptors (Lipinski definition) is 6. The Morgan fingerprint density at radius 1 is 1.36 bits per heavy atom. The molecule has 0 bridgehead atoms. The van der Waals surface area contributed by atoms with Crippen LogP contribution < -0.4 is 5.32 Å². The maximum atomic E-state index is 12.7. The molecule has 1 N–H and O–H groups in total. The molecule has 1 fully saturated rings.